The predicted molar refractivity (Wildman–Crippen MR) is 125 cm³/mol. The summed E-state index contributed by atoms with van der Waals surface area (Å²) in [5.41, 5.74) is 8.94. The van der Waals surface area contributed by atoms with Gasteiger partial charge in [0.15, 0.2) is 5.78 Å². The summed E-state index contributed by atoms with van der Waals surface area (Å²) in [6.07, 6.45) is 0. The summed E-state index contributed by atoms with van der Waals surface area (Å²) in [5.74, 6) is -1.87. The average molecular weight is 459 g/mol. The number of ketones is 1. The van der Waals surface area contributed by atoms with E-state index in [1.807, 2.05) is 19.1 Å². The first-order valence-electron chi connectivity index (χ1n) is 10.5. The van der Waals surface area contributed by atoms with Crippen LogP contribution in [0.1, 0.15) is 55.1 Å². The lowest BCUT2D eigenvalue weighted by Gasteiger charge is -2.10. The van der Waals surface area contributed by atoms with Crippen molar-refractivity contribution in [3.63, 3.8) is 0 Å². The van der Waals surface area contributed by atoms with Crippen LogP contribution in [0.2, 0.25) is 0 Å². The normalized spacial score (nSPS) is 10.9. The van der Waals surface area contributed by atoms with Crippen molar-refractivity contribution in [2.75, 3.05) is 5.32 Å². The topological polar surface area (TPSA) is 120 Å². The van der Waals surface area contributed by atoms with E-state index >= 15 is 0 Å². The highest BCUT2D eigenvalue weighted by molar-refractivity contribution is 6.14. The molecule has 0 aliphatic carbocycles. The maximum atomic E-state index is 13.7. The number of primary amides is 1. The molecule has 0 atom stereocenters. The van der Waals surface area contributed by atoms with Crippen LogP contribution in [0.15, 0.2) is 48.5 Å². The maximum Gasteiger partial charge on any atom is 0.267 e. The molecule has 0 aliphatic heterocycles. The number of rotatable bonds is 6. The average Bonchev–Trinajstić information content (AvgIpc) is 3.05. The monoisotopic (exact) mass is 459 g/mol. The summed E-state index contributed by atoms with van der Waals surface area (Å²) >= 11 is 0. The minimum atomic E-state index is -0.823. The number of aryl methyl sites for hydroxylation is 1. The molecule has 0 aliphatic rings. The van der Waals surface area contributed by atoms with E-state index in [4.69, 9.17) is 5.73 Å². The van der Waals surface area contributed by atoms with Crippen LogP contribution in [0.3, 0.4) is 0 Å². The van der Waals surface area contributed by atoms with Gasteiger partial charge >= 0.3 is 0 Å². The van der Waals surface area contributed by atoms with Crippen LogP contribution in [-0.2, 0) is 6.54 Å². The number of benzene rings is 2. The number of hydrogen-bond acceptors (Lipinski definition) is 5. The van der Waals surface area contributed by atoms with Gasteiger partial charge in [-0.15, -0.1) is 0 Å². The van der Waals surface area contributed by atoms with Crippen molar-refractivity contribution in [2.45, 2.75) is 27.3 Å². The maximum absolute atomic E-state index is 13.7. The van der Waals surface area contributed by atoms with Gasteiger partial charge < -0.3 is 11.1 Å². The lowest BCUT2D eigenvalue weighted by molar-refractivity contribution is 0.0992. The Morgan fingerprint density at radius 2 is 1.76 bits per heavy atom. The third-order valence-corrected chi connectivity index (χ3v) is 5.58. The molecule has 2 heterocycles. The molecule has 2 aromatic carbocycles. The third-order valence-electron chi connectivity index (χ3n) is 5.58. The Bertz CT molecular complexity index is 1460. The molecule has 9 heteroatoms. The largest absolute Gasteiger partial charge is 0.364 e. The zero-order valence-corrected chi connectivity index (χ0v) is 18.8. The summed E-state index contributed by atoms with van der Waals surface area (Å²) < 4.78 is 15.5. The van der Waals surface area contributed by atoms with Gasteiger partial charge in [0.2, 0.25) is 0 Å². The molecule has 0 bridgehead atoms. The van der Waals surface area contributed by atoms with Crippen LogP contribution >= 0.6 is 0 Å². The second-order valence-electron chi connectivity index (χ2n) is 7.99. The van der Waals surface area contributed by atoms with Crippen LogP contribution in [0.4, 0.5) is 10.1 Å². The van der Waals surface area contributed by atoms with Gasteiger partial charge in [0.1, 0.15) is 11.5 Å². The Morgan fingerprint density at radius 3 is 2.41 bits per heavy atom. The van der Waals surface area contributed by atoms with Gasteiger partial charge in [-0.2, -0.15) is 5.10 Å². The highest BCUT2D eigenvalue weighted by atomic mass is 19.1. The quantitative estimate of drug-likeness (QED) is 0.425. The van der Waals surface area contributed by atoms with Gasteiger partial charge in [-0.3, -0.25) is 19.1 Å². The second-order valence-corrected chi connectivity index (χ2v) is 7.99. The molecule has 4 aromatic rings. The SMILES string of the molecule is CC(=O)c1ccc(Cn2nc(C)c(NC(=O)c3cc(C(N)=O)nc4cc(F)ccc34)c2C)cc1. The van der Waals surface area contributed by atoms with Crippen LogP contribution in [0.25, 0.3) is 10.9 Å². The van der Waals surface area contributed by atoms with Gasteiger partial charge in [0, 0.05) is 17.0 Å². The summed E-state index contributed by atoms with van der Waals surface area (Å²) in [7, 11) is 0. The van der Waals surface area contributed by atoms with E-state index in [0.717, 1.165) is 17.3 Å². The number of amides is 2. The van der Waals surface area contributed by atoms with E-state index in [9.17, 15) is 18.8 Å². The Morgan fingerprint density at radius 1 is 1.06 bits per heavy atom. The molecule has 0 spiro atoms. The summed E-state index contributed by atoms with van der Waals surface area (Å²) in [6, 6.07) is 12.3. The van der Waals surface area contributed by atoms with Crippen molar-refractivity contribution in [3.05, 3.63) is 88.1 Å². The van der Waals surface area contributed by atoms with E-state index in [1.165, 1.54) is 25.1 Å². The molecule has 34 heavy (non-hydrogen) atoms. The molecule has 2 aromatic heterocycles. The van der Waals surface area contributed by atoms with Crippen LogP contribution < -0.4 is 11.1 Å². The van der Waals surface area contributed by atoms with E-state index in [-0.39, 0.29) is 22.6 Å². The summed E-state index contributed by atoms with van der Waals surface area (Å²) in [6.45, 7) is 5.56. The number of pyridine rings is 1. The van der Waals surface area contributed by atoms with Crippen LogP contribution in [-0.4, -0.2) is 32.4 Å². The van der Waals surface area contributed by atoms with E-state index < -0.39 is 17.6 Å². The molecule has 0 fully saturated rings. The fourth-order valence-electron chi connectivity index (χ4n) is 3.75. The number of fused-ring (bicyclic) bond motifs is 1. The number of nitrogens with one attached hydrogen (secondary N) is 1. The smallest absolute Gasteiger partial charge is 0.267 e. The first-order valence-corrected chi connectivity index (χ1v) is 10.5. The fourth-order valence-corrected chi connectivity index (χ4v) is 3.75. The van der Waals surface area contributed by atoms with E-state index in [0.29, 0.717) is 28.9 Å². The second kappa shape index (κ2) is 8.86. The molecule has 8 nitrogen and oxygen atoms in total. The standard InChI is InChI=1S/C25H22FN5O3/c1-13-23(14(2)31(30-13)12-16-4-6-17(7-5-16)15(3)32)29-25(34)20-11-22(24(27)33)28-21-10-18(26)8-9-19(20)21/h4-11H,12H2,1-3H3,(H2,27,33)(H,29,34). The first kappa shape index (κ1) is 22.8. The molecular formula is C25H22FN5O3. The number of nitrogens with two attached hydrogens (primary N) is 1. The predicted octanol–water partition coefficient (Wildman–Crippen LogP) is 3.79. The molecule has 2 amide bonds. The molecule has 172 valence electrons. The highest BCUT2D eigenvalue weighted by Gasteiger charge is 2.20. The number of hydrogen-bond donors (Lipinski definition) is 2. The zero-order valence-electron chi connectivity index (χ0n) is 18.8. The van der Waals surface area contributed by atoms with Crippen LogP contribution in [0, 0.1) is 19.7 Å². The zero-order chi connectivity index (χ0) is 24.6. The van der Waals surface area contributed by atoms with E-state index in [2.05, 4.69) is 15.4 Å². The van der Waals surface area contributed by atoms with Crippen LogP contribution in [0.5, 0.6) is 0 Å². The number of anilines is 1. The molecule has 0 unspecified atom stereocenters. The Hall–Kier alpha value is -4.40. The Kier molecular flexibility index (Phi) is 5.93. The fraction of sp³-hybridized carbons (Fsp3) is 0.160. The molecule has 4 rings (SSSR count). The Balaban J connectivity index is 1.65. The number of carbonyl (C=O) groups is 3. The third kappa shape index (κ3) is 4.40. The van der Waals surface area contributed by atoms with Crippen molar-refractivity contribution >= 4 is 34.2 Å². The number of halogens is 1. The molecule has 0 radical (unpaired) electrons. The summed E-state index contributed by atoms with van der Waals surface area (Å²) in [5, 5.41) is 7.77. The highest BCUT2D eigenvalue weighted by Crippen LogP contribution is 2.25. The summed E-state index contributed by atoms with van der Waals surface area (Å²) in [4.78, 5) is 40.5. The molecular weight excluding hydrogens is 437 g/mol. The molecule has 0 saturated carbocycles. The van der Waals surface area contributed by atoms with E-state index in [1.54, 1.807) is 23.7 Å². The Labute approximate surface area is 194 Å². The van der Waals surface area contributed by atoms with Crippen molar-refractivity contribution in [1.29, 1.82) is 0 Å². The van der Waals surface area contributed by atoms with Crippen molar-refractivity contribution in [3.8, 4) is 0 Å². The van der Waals surface area contributed by atoms with Gasteiger partial charge in [0.05, 0.1) is 34.7 Å². The number of nitrogens with zero attached hydrogens (tertiary/aromatic N) is 3. The van der Waals surface area contributed by atoms with Crippen molar-refractivity contribution in [1.82, 2.24) is 14.8 Å². The number of carbonyl (C=O) groups excluding carboxylic acids is 3. The minimum Gasteiger partial charge on any atom is -0.364 e. The number of Topliss-reactive ketones (excluding diaryl/α,β-unsaturated/α-hetero) is 1. The molecule has 0 saturated heterocycles. The lowest BCUT2D eigenvalue weighted by Crippen LogP contribution is -2.18. The minimum absolute atomic E-state index is 0.00599. The lowest BCUT2D eigenvalue weighted by atomic mass is 10.1. The first-order chi connectivity index (χ1) is 16.1. The number of aromatic nitrogens is 3. The molecule has 3 N–H and O–H groups in total. The van der Waals surface area contributed by atoms with Crippen molar-refractivity contribution < 1.29 is 18.8 Å². The van der Waals surface area contributed by atoms with Gasteiger partial charge in [-0.1, -0.05) is 24.3 Å². The van der Waals surface area contributed by atoms with Gasteiger partial charge in [-0.05, 0) is 44.5 Å². The van der Waals surface area contributed by atoms with Gasteiger partial charge in [-0.25, -0.2) is 9.37 Å². The van der Waals surface area contributed by atoms with Gasteiger partial charge in [0.25, 0.3) is 11.8 Å². The van der Waals surface area contributed by atoms with Crippen molar-refractivity contribution in [2.24, 2.45) is 5.73 Å².